The molecule has 7 heteroatoms. The molecule has 0 radical (unpaired) electrons. The first-order valence-corrected chi connectivity index (χ1v) is 3.81. The van der Waals surface area contributed by atoms with Gasteiger partial charge in [-0.2, -0.15) is 5.26 Å². The van der Waals surface area contributed by atoms with Gasteiger partial charge in [-0.05, 0) is 11.6 Å². The maximum absolute atomic E-state index is 11.9. The van der Waals surface area contributed by atoms with Crippen LogP contribution in [0.3, 0.4) is 0 Å². The monoisotopic (exact) mass is 217 g/mol. The second-order valence-corrected chi connectivity index (χ2v) is 2.51. The van der Waals surface area contributed by atoms with E-state index in [0.29, 0.717) is 0 Å². The first-order chi connectivity index (χ1) is 6.98. The van der Waals surface area contributed by atoms with Crippen LogP contribution in [-0.2, 0) is 6.54 Å². The second-order valence-electron chi connectivity index (χ2n) is 2.51. The normalized spacial score (nSPS) is 10.9. The second kappa shape index (κ2) is 4.14. The van der Waals surface area contributed by atoms with Crippen molar-refractivity contribution in [2.24, 2.45) is 5.73 Å². The highest BCUT2D eigenvalue weighted by Gasteiger charge is 2.33. The molecule has 0 spiro atoms. The van der Waals surface area contributed by atoms with Crippen molar-refractivity contribution in [2.45, 2.75) is 12.9 Å². The van der Waals surface area contributed by atoms with Gasteiger partial charge in [-0.15, -0.1) is 13.2 Å². The van der Waals surface area contributed by atoms with Crippen molar-refractivity contribution < 1.29 is 17.9 Å². The molecule has 1 heterocycles. The quantitative estimate of drug-likeness (QED) is 0.810. The standard InChI is InChI=1S/C8H6F3N3O/c9-8(10,11)15-7-6(4-13)5(3-12)1-2-14-7/h1-2H,3,12H2. The van der Waals surface area contributed by atoms with Gasteiger partial charge < -0.3 is 10.5 Å². The number of aromatic nitrogens is 1. The third-order valence-corrected chi connectivity index (χ3v) is 1.55. The summed E-state index contributed by atoms with van der Waals surface area (Å²) in [6, 6.07) is 2.93. The van der Waals surface area contributed by atoms with Crippen molar-refractivity contribution >= 4 is 0 Å². The van der Waals surface area contributed by atoms with Crippen LogP contribution in [0.1, 0.15) is 11.1 Å². The summed E-state index contributed by atoms with van der Waals surface area (Å²) in [5.41, 5.74) is 5.21. The molecule has 0 bridgehead atoms. The summed E-state index contributed by atoms with van der Waals surface area (Å²) < 4.78 is 39.2. The zero-order valence-electron chi connectivity index (χ0n) is 7.38. The molecule has 0 aliphatic heterocycles. The smallest absolute Gasteiger partial charge is 0.386 e. The Kier molecular flexibility index (Phi) is 3.11. The Morgan fingerprint density at radius 1 is 1.53 bits per heavy atom. The number of alkyl halides is 3. The van der Waals surface area contributed by atoms with Crippen LogP contribution in [-0.4, -0.2) is 11.3 Å². The molecule has 2 N–H and O–H groups in total. The number of hydrogen-bond donors (Lipinski definition) is 1. The number of halogens is 3. The lowest BCUT2D eigenvalue weighted by Crippen LogP contribution is -2.19. The fourth-order valence-corrected chi connectivity index (χ4v) is 0.957. The Hall–Kier alpha value is -1.81. The number of pyridine rings is 1. The van der Waals surface area contributed by atoms with Gasteiger partial charge in [-0.3, -0.25) is 0 Å². The van der Waals surface area contributed by atoms with E-state index in [-0.39, 0.29) is 17.7 Å². The van der Waals surface area contributed by atoms with Gasteiger partial charge in [0, 0.05) is 12.7 Å². The van der Waals surface area contributed by atoms with Crippen molar-refractivity contribution in [3.05, 3.63) is 23.4 Å². The average Bonchev–Trinajstić information content (AvgIpc) is 2.15. The molecular formula is C8H6F3N3O. The zero-order valence-corrected chi connectivity index (χ0v) is 7.38. The van der Waals surface area contributed by atoms with Gasteiger partial charge in [0.2, 0.25) is 5.88 Å². The van der Waals surface area contributed by atoms with E-state index in [9.17, 15) is 13.2 Å². The first-order valence-electron chi connectivity index (χ1n) is 3.81. The highest BCUT2D eigenvalue weighted by Crippen LogP contribution is 2.25. The van der Waals surface area contributed by atoms with Gasteiger partial charge in [0.05, 0.1) is 0 Å². The molecule has 4 nitrogen and oxygen atoms in total. The van der Waals surface area contributed by atoms with Crippen molar-refractivity contribution in [1.29, 1.82) is 5.26 Å². The van der Waals surface area contributed by atoms with Crippen LogP contribution < -0.4 is 10.5 Å². The van der Waals surface area contributed by atoms with E-state index in [4.69, 9.17) is 11.0 Å². The highest BCUT2D eigenvalue weighted by molar-refractivity contribution is 5.44. The summed E-state index contributed by atoms with van der Waals surface area (Å²) in [5.74, 6) is -0.770. The Balaban J connectivity index is 3.14. The molecule has 0 saturated carbocycles. The molecule has 0 aliphatic rings. The molecule has 0 aromatic carbocycles. The van der Waals surface area contributed by atoms with Crippen LogP contribution in [0.4, 0.5) is 13.2 Å². The Morgan fingerprint density at radius 2 is 2.20 bits per heavy atom. The lowest BCUT2D eigenvalue weighted by molar-refractivity contribution is -0.276. The fourth-order valence-electron chi connectivity index (χ4n) is 0.957. The van der Waals surface area contributed by atoms with Gasteiger partial charge >= 0.3 is 6.36 Å². The Bertz CT molecular complexity index is 397. The SMILES string of the molecule is N#Cc1c(CN)ccnc1OC(F)(F)F. The lowest BCUT2D eigenvalue weighted by Gasteiger charge is -2.10. The fraction of sp³-hybridized carbons (Fsp3) is 0.250. The molecule has 0 aliphatic carbocycles. The predicted octanol–water partition coefficient (Wildman–Crippen LogP) is 1.31. The van der Waals surface area contributed by atoms with E-state index in [2.05, 4.69) is 9.72 Å². The maximum Gasteiger partial charge on any atom is 0.574 e. The minimum absolute atomic E-state index is 0.0559. The van der Waals surface area contributed by atoms with E-state index < -0.39 is 12.2 Å². The van der Waals surface area contributed by atoms with Crippen molar-refractivity contribution in [1.82, 2.24) is 4.98 Å². The van der Waals surface area contributed by atoms with Crippen LogP contribution in [0.25, 0.3) is 0 Å². The molecule has 80 valence electrons. The maximum atomic E-state index is 11.9. The van der Waals surface area contributed by atoms with E-state index >= 15 is 0 Å². The molecule has 0 atom stereocenters. The van der Waals surface area contributed by atoms with E-state index in [1.165, 1.54) is 6.07 Å². The Morgan fingerprint density at radius 3 is 2.67 bits per heavy atom. The number of hydrogen-bond acceptors (Lipinski definition) is 4. The van der Waals surface area contributed by atoms with Gasteiger partial charge in [-0.1, -0.05) is 0 Å². The zero-order chi connectivity index (χ0) is 11.5. The highest BCUT2D eigenvalue weighted by atomic mass is 19.4. The van der Waals surface area contributed by atoms with E-state index in [1.807, 2.05) is 0 Å². The van der Waals surface area contributed by atoms with Gasteiger partial charge in [0.25, 0.3) is 0 Å². The van der Waals surface area contributed by atoms with Crippen LogP contribution >= 0.6 is 0 Å². The number of rotatable bonds is 2. The molecular weight excluding hydrogens is 211 g/mol. The first kappa shape index (κ1) is 11.3. The van der Waals surface area contributed by atoms with Crippen molar-refractivity contribution in [3.63, 3.8) is 0 Å². The van der Waals surface area contributed by atoms with E-state index in [0.717, 1.165) is 6.20 Å². The van der Waals surface area contributed by atoms with E-state index in [1.54, 1.807) is 6.07 Å². The summed E-state index contributed by atoms with van der Waals surface area (Å²) >= 11 is 0. The van der Waals surface area contributed by atoms with Crippen LogP contribution in [0.2, 0.25) is 0 Å². The van der Waals surface area contributed by atoms with Gasteiger partial charge in [0.15, 0.2) is 0 Å². The summed E-state index contributed by atoms with van der Waals surface area (Å²) in [6.07, 6.45) is -3.77. The summed E-state index contributed by atoms with van der Waals surface area (Å²) in [7, 11) is 0. The predicted molar refractivity (Wildman–Crippen MR) is 43.5 cm³/mol. The molecule has 15 heavy (non-hydrogen) atoms. The number of nitrogens with zero attached hydrogens (tertiary/aromatic N) is 2. The third-order valence-electron chi connectivity index (χ3n) is 1.55. The largest absolute Gasteiger partial charge is 0.574 e. The minimum Gasteiger partial charge on any atom is -0.386 e. The Labute approximate surface area is 83.1 Å². The summed E-state index contributed by atoms with van der Waals surface area (Å²) in [5, 5.41) is 8.63. The summed E-state index contributed by atoms with van der Waals surface area (Å²) in [6.45, 7) is -0.0559. The van der Waals surface area contributed by atoms with Gasteiger partial charge in [0.1, 0.15) is 11.6 Å². The van der Waals surface area contributed by atoms with Crippen LogP contribution in [0.15, 0.2) is 12.3 Å². The molecule has 0 amide bonds. The number of nitriles is 1. The molecule has 0 saturated heterocycles. The lowest BCUT2D eigenvalue weighted by atomic mass is 10.1. The molecule has 0 fully saturated rings. The minimum atomic E-state index is -4.87. The van der Waals surface area contributed by atoms with Crippen molar-refractivity contribution in [2.75, 3.05) is 0 Å². The number of nitrogens with two attached hydrogens (primary N) is 1. The molecule has 1 aromatic heterocycles. The topological polar surface area (TPSA) is 71.9 Å². The third kappa shape index (κ3) is 2.82. The van der Waals surface area contributed by atoms with Crippen LogP contribution in [0.5, 0.6) is 5.88 Å². The average molecular weight is 217 g/mol. The van der Waals surface area contributed by atoms with Gasteiger partial charge in [-0.25, -0.2) is 4.98 Å². The van der Waals surface area contributed by atoms with Crippen molar-refractivity contribution in [3.8, 4) is 11.9 Å². The molecule has 1 rings (SSSR count). The summed E-state index contributed by atoms with van der Waals surface area (Å²) in [4.78, 5) is 3.32. The van der Waals surface area contributed by atoms with Crippen LogP contribution in [0, 0.1) is 11.3 Å². The molecule has 1 aromatic rings. The number of ether oxygens (including phenoxy) is 1. The molecule has 0 unspecified atom stereocenters.